The summed E-state index contributed by atoms with van der Waals surface area (Å²) in [5.74, 6) is 2.37. The van der Waals surface area contributed by atoms with Crippen molar-refractivity contribution in [2.24, 2.45) is 28.6 Å². The van der Waals surface area contributed by atoms with E-state index in [2.05, 4.69) is 47.6 Å². The number of hydrogen-bond donors (Lipinski definition) is 0. The van der Waals surface area contributed by atoms with E-state index in [-0.39, 0.29) is 0 Å². The summed E-state index contributed by atoms with van der Waals surface area (Å²) in [7, 11) is 0. The molecule has 0 aliphatic heterocycles. The van der Waals surface area contributed by atoms with E-state index in [1.165, 1.54) is 38.5 Å². The van der Waals surface area contributed by atoms with Gasteiger partial charge >= 0.3 is 0 Å². The highest BCUT2D eigenvalue weighted by Gasteiger charge is 2.51. The molecule has 0 aromatic carbocycles. The molecule has 0 heteroatoms. The lowest BCUT2D eigenvalue weighted by molar-refractivity contribution is 0.00945. The summed E-state index contributed by atoms with van der Waals surface area (Å²) < 4.78 is 0. The fourth-order valence-electron chi connectivity index (χ4n) is 6.04. The van der Waals surface area contributed by atoms with Crippen molar-refractivity contribution in [3.8, 4) is 0 Å². The van der Waals surface area contributed by atoms with Crippen molar-refractivity contribution in [3.63, 3.8) is 0 Å². The molecule has 21 heavy (non-hydrogen) atoms. The standard InChI is InChI=1S/C21H34/c1-14(2)17-13-16-8-9-19-20(4,5)10-7-11-21(19,6)18(16)12-15(17)3/h13-15,19H,7-12H2,1-6H3. The molecule has 0 saturated heterocycles. The predicted octanol–water partition coefficient (Wildman–Crippen LogP) is 6.53. The second-order valence-corrected chi connectivity index (χ2v) is 9.26. The average Bonchev–Trinajstić information content (AvgIpc) is 2.37. The van der Waals surface area contributed by atoms with Gasteiger partial charge in [-0.25, -0.2) is 0 Å². The van der Waals surface area contributed by atoms with E-state index in [1.807, 2.05) is 5.57 Å². The minimum Gasteiger partial charge on any atom is -0.0642 e. The zero-order chi connectivity index (χ0) is 15.4. The first-order valence-corrected chi connectivity index (χ1v) is 9.19. The van der Waals surface area contributed by atoms with Crippen molar-refractivity contribution in [1.29, 1.82) is 0 Å². The van der Waals surface area contributed by atoms with Crippen LogP contribution >= 0.6 is 0 Å². The van der Waals surface area contributed by atoms with Gasteiger partial charge in [0.05, 0.1) is 0 Å². The molecule has 118 valence electrons. The topological polar surface area (TPSA) is 0 Å². The molecule has 0 spiro atoms. The highest BCUT2D eigenvalue weighted by Crippen LogP contribution is 2.61. The molecule has 0 bridgehead atoms. The first kappa shape index (κ1) is 15.4. The quantitative estimate of drug-likeness (QED) is 0.514. The Balaban J connectivity index is 2.04. The van der Waals surface area contributed by atoms with Crippen molar-refractivity contribution < 1.29 is 0 Å². The Morgan fingerprint density at radius 2 is 1.86 bits per heavy atom. The van der Waals surface area contributed by atoms with Gasteiger partial charge in [0.1, 0.15) is 0 Å². The van der Waals surface area contributed by atoms with Crippen molar-refractivity contribution in [2.75, 3.05) is 0 Å². The molecular formula is C21H34. The molecular weight excluding hydrogens is 252 g/mol. The Kier molecular flexibility index (Phi) is 3.66. The molecule has 1 fully saturated rings. The normalized spacial score (nSPS) is 38.9. The first-order valence-electron chi connectivity index (χ1n) is 9.19. The van der Waals surface area contributed by atoms with E-state index in [4.69, 9.17) is 0 Å². The Bertz CT molecular complexity index is 488. The van der Waals surface area contributed by atoms with Crippen LogP contribution in [-0.2, 0) is 0 Å². The minimum absolute atomic E-state index is 0.489. The van der Waals surface area contributed by atoms with Crippen LogP contribution in [0, 0.1) is 28.6 Å². The largest absolute Gasteiger partial charge is 0.0642 e. The number of rotatable bonds is 1. The molecule has 0 N–H and O–H groups in total. The van der Waals surface area contributed by atoms with E-state index < -0.39 is 0 Å². The van der Waals surface area contributed by atoms with Crippen molar-refractivity contribution in [3.05, 3.63) is 22.8 Å². The van der Waals surface area contributed by atoms with Crippen LogP contribution in [0.3, 0.4) is 0 Å². The highest BCUT2D eigenvalue weighted by atomic mass is 14.6. The second kappa shape index (κ2) is 5.00. The Hall–Kier alpha value is -0.520. The Morgan fingerprint density at radius 1 is 1.14 bits per heavy atom. The maximum Gasteiger partial charge on any atom is -0.00769 e. The van der Waals surface area contributed by atoms with Crippen LogP contribution in [0.4, 0.5) is 0 Å². The molecule has 3 atom stereocenters. The second-order valence-electron chi connectivity index (χ2n) is 9.26. The van der Waals surface area contributed by atoms with E-state index >= 15 is 0 Å². The maximum atomic E-state index is 2.61. The van der Waals surface area contributed by atoms with Crippen LogP contribution in [0.1, 0.15) is 80.1 Å². The van der Waals surface area contributed by atoms with Gasteiger partial charge in [-0.3, -0.25) is 0 Å². The minimum atomic E-state index is 0.489. The van der Waals surface area contributed by atoms with Gasteiger partial charge in [-0.1, -0.05) is 65.2 Å². The highest BCUT2D eigenvalue weighted by molar-refractivity contribution is 5.41. The van der Waals surface area contributed by atoms with Crippen LogP contribution < -0.4 is 0 Å². The van der Waals surface area contributed by atoms with Crippen molar-refractivity contribution in [2.45, 2.75) is 80.1 Å². The summed E-state index contributed by atoms with van der Waals surface area (Å²) in [6.07, 6.45) is 11.0. The lowest BCUT2D eigenvalue weighted by Gasteiger charge is -2.56. The van der Waals surface area contributed by atoms with Crippen LogP contribution in [0.25, 0.3) is 0 Å². The SMILES string of the molecule is CC(C)C1=CC2=C(CC1C)C1(C)CCCC(C)(C)C1CC2. The van der Waals surface area contributed by atoms with Gasteiger partial charge in [0.25, 0.3) is 0 Å². The van der Waals surface area contributed by atoms with Gasteiger partial charge < -0.3 is 0 Å². The summed E-state index contributed by atoms with van der Waals surface area (Å²) in [5, 5.41) is 0. The van der Waals surface area contributed by atoms with Gasteiger partial charge in [-0.2, -0.15) is 0 Å². The van der Waals surface area contributed by atoms with Gasteiger partial charge in [0, 0.05) is 0 Å². The van der Waals surface area contributed by atoms with Crippen LogP contribution in [-0.4, -0.2) is 0 Å². The molecule has 3 aliphatic carbocycles. The van der Waals surface area contributed by atoms with Gasteiger partial charge in [-0.05, 0) is 66.3 Å². The third-order valence-electron chi connectivity index (χ3n) is 7.10. The predicted molar refractivity (Wildman–Crippen MR) is 92.2 cm³/mol. The molecule has 0 nitrogen and oxygen atoms in total. The molecule has 1 saturated carbocycles. The molecule has 3 aliphatic rings. The summed E-state index contributed by atoms with van der Waals surface area (Å²) in [6, 6.07) is 0. The van der Waals surface area contributed by atoms with E-state index in [0.717, 1.165) is 11.8 Å². The summed E-state index contributed by atoms with van der Waals surface area (Å²) in [5.41, 5.74) is 6.31. The summed E-state index contributed by atoms with van der Waals surface area (Å²) >= 11 is 0. The lowest BCUT2D eigenvalue weighted by atomic mass is 9.48. The summed E-state index contributed by atoms with van der Waals surface area (Å²) in [6.45, 7) is 14.9. The molecule has 0 aromatic heterocycles. The zero-order valence-electron chi connectivity index (χ0n) is 15.1. The number of fused-ring (bicyclic) bond motifs is 2. The number of allylic oxidation sites excluding steroid dienone is 4. The summed E-state index contributed by atoms with van der Waals surface area (Å²) in [4.78, 5) is 0. The fraction of sp³-hybridized carbons (Fsp3) is 0.810. The molecule has 3 rings (SSSR count). The van der Waals surface area contributed by atoms with E-state index in [1.54, 1.807) is 11.1 Å². The van der Waals surface area contributed by atoms with E-state index in [9.17, 15) is 0 Å². The van der Waals surface area contributed by atoms with Crippen molar-refractivity contribution in [1.82, 2.24) is 0 Å². The smallest absolute Gasteiger partial charge is 0.00769 e. The van der Waals surface area contributed by atoms with Crippen LogP contribution in [0.2, 0.25) is 0 Å². The van der Waals surface area contributed by atoms with Crippen LogP contribution in [0.15, 0.2) is 22.8 Å². The third-order valence-corrected chi connectivity index (χ3v) is 7.10. The Morgan fingerprint density at radius 3 is 2.52 bits per heavy atom. The number of hydrogen-bond acceptors (Lipinski definition) is 0. The molecule has 0 aromatic rings. The van der Waals surface area contributed by atoms with E-state index in [0.29, 0.717) is 16.7 Å². The molecule has 0 radical (unpaired) electrons. The van der Waals surface area contributed by atoms with Crippen molar-refractivity contribution >= 4 is 0 Å². The molecule has 0 heterocycles. The van der Waals surface area contributed by atoms with Gasteiger partial charge in [0.2, 0.25) is 0 Å². The Labute approximate surface area is 132 Å². The molecule has 0 amide bonds. The van der Waals surface area contributed by atoms with Crippen LogP contribution in [0.5, 0.6) is 0 Å². The maximum absolute atomic E-state index is 2.61. The van der Waals surface area contributed by atoms with Gasteiger partial charge in [0.15, 0.2) is 0 Å². The van der Waals surface area contributed by atoms with Gasteiger partial charge in [-0.15, -0.1) is 0 Å². The zero-order valence-corrected chi connectivity index (χ0v) is 15.1. The lowest BCUT2D eigenvalue weighted by Crippen LogP contribution is -2.46. The monoisotopic (exact) mass is 286 g/mol. The fourth-order valence-corrected chi connectivity index (χ4v) is 6.04. The average molecular weight is 287 g/mol. The third kappa shape index (κ3) is 2.34. The first-order chi connectivity index (χ1) is 9.75. The molecule has 3 unspecified atom stereocenters.